The zero-order chi connectivity index (χ0) is 32.4. The lowest BCUT2D eigenvalue weighted by molar-refractivity contribution is -0.139. The van der Waals surface area contributed by atoms with Gasteiger partial charge in [-0.25, -0.2) is 24.4 Å². The highest BCUT2D eigenvalue weighted by molar-refractivity contribution is 5.82. The number of rotatable bonds is 9. The molecule has 4 rings (SSSR count). The largest absolute Gasteiger partial charge is 0.423 e. The molecule has 218 valence electrons. The second-order valence-electron chi connectivity index (χ2n) is 8.67. The van der Waals surface area contributed by atoms with E-state index >= 15 is 0 Å². The highest BCUT2D eigenvalue weighted by atomic mass is 19.4. The molecule has 0 bridgehead atoms. The molecule has 2 N–H and O–H groups in total. The van der Waals surface area contributed by atoms with Crippen LogP contribution in [0.5, 0.6) is 0 Å². The third kappa shape index (κ3) is 6.67. The number of nitrogens with one attached hydrogen (secondary N) is 2. The fraction of sp³-hybridized carbons (Fsp3) is 0.333. The summed E-state index contributed by atoms with van der Waals surface area (Å²) in [6.45, 7) is -0.704. The summed E-state index contributed by atoms with van der Waals surface area (Å²) in [7, 11) is -2.88. The molecule has 1 unspecified atom stereocenters. The highest BCUT2D eigenvalue weighted by Crippen LogP contribution is 2.32. The molecule has 3 heterocycles. The number of alkyl halides is 6. The predicted octanol–water partition coefficient (Wildman–Crippen LogP) is 4.02. The van der Waals surface area contributed by atoms with E-state index in [1.807, 2.05) is 0 Å². The molecule has 0 spiro atoms. The Hall–Kier alpha value is -4.41. The topological polar surface area (TPSA) is 128 Å². The van der Waals surface area contributed by atoms with E-state index in [1.54, 1.807) is 5.10 Å². The van der Waals surface area contributed by atoms with E-state index in [-0.39, 0.29) is 41.7 Å². The zero-order valence-corrected chi connectivity index (χ0v) is 20.5. The van der Waals surface area contributed by atoms with Crippen LogP contribution >= 0.6 is 0 Å². The summed E-state index contributed by atoms with van der Waals surface area (Å²) >= 11 is 0. The Bertz CT molecular complexity index is 1760. The number of H-pyrrole nitrogens is 1. The Kier molecular flexibility index (Phi) is 7.23. The molecule has 0 saturated heterocycles. The molecule has 0 aliphatic heterocycles. The third-order valence-electron chi connectivity index (χ3n) is 5.87. The van der Waals surface area contributed by atoms with Crippen LogP contribution in [0.4, 0.5) is 36.4 Å². The summed E-state index contributed by atoms with van der Waals surface area (Å²) in [6.07, 6.45) is -7.00. The van der Waals surface area contributed by atoms with Crippen molar-refractivity contribution < 1.29 is 39.6 Å². The normalized spacial score (nSPS) is 14.4. The van der Waals surface area contributed by atoms with E-state index in [4.69, 9.17) is 8.85 Å². The number of anilines is 1. The first-order chi connectivity index (χ1) is 20.4. The van der Waals surface area contributed by atoms with Gasteiger partial charge in [0.25, 0.3) is 11.1 Å². The van der Waals surface area contributed by atoms with Gasteiger partial charge in [0.2, 0.25) is 0 Å². The SMILES string of the molecule is [2H]C([2H])([2H])OCC(CCCn1cnc2cc(-c3ncc(C(F)(F)F)cn3)c(F)cc2c1=O)Nc1cn[nH]c(=O)c1C(F)(F)F. The lowest BCUT2D eigenvalue weighted by atomic mass is 10.1. The second kappa shape index (κ2) is 11.6. The van der Waals surface area contributed by atoms with Gasteiger partial charge in [-0.1, -0.05) is 0 Å². The molecule has 0 aliphatic carbocycles. The monoisotopic (exact) mass is 590 g/mol. The number of ether oxygens (including phenoxy) is 1. The van der Waals surface area contributed by atoms with E-state index in [1.165, 1.54) is 0 Å². The summed E-state index contributed by atoms with van der Waals surface area (Å²) in [5.41, 5.74) is -5.98. The summed E-state index contributed by atoms with van der Waals surface area (Å²) in [6, 6.07) is 0.830. The molecule has 1 aromatic carbocycles. The minimum atomic E-state index is -5.06. The Morgan fingerprint density at radius 2 is 1.80 bits per heavy atom. The molecule has 3 aromatic heterocycles. The number of fused-ring (bicyclic) bond motifs is 1. The first-order valence-corrected chi connectivity index (χ1v) is 11.6. The van der Waals surface area contributed by atoms with Crippen molar-refractivity contribution in [3.05, 3.63) is 74.7 Å². The summed E-state index contributed by atoms with van der Waals surface area (Å²) in [4.78, 5) is 36.0. The number of nitrogens with zero attached hydrogens (tertiary/aromatic N) is 5. The average Bonchev–Trinajstić information content (AvgIpc) is 2.91. The maximum absolute atomic E-state index is 14.9. The lowest BCUT2D eigenvalue weighted by Gasteiger charge is -2.21. The Balaban J connectivity index is 1.53. The van der Waals surface area contributed by atoms with E-state index in [9.17, 15) is 40.3 Å². The van der Waals surface area contributed by atoms with Crippen LogP contribution in [-0.2, 0) is 23.6 Å². The van der Waals surface area contributed by atoms with E-state index in [0.29, 0.717) is 18.6 Å². The van der Waals surface area contributed by atoms with Gasteiger partial charge >= 0.3 is 12.4 Å². The van der Waals surface area contributed by atoms with Crippen LogP contribution < -0.4 is 16.4 Å². The average molecular weight is 590 g/mol. The predicted molar refractivity (Wildman–Crippen MR) is 130 cm³/mol. The smallest absolute Gasteiger partial charge is 0.383 e. The van der Waals surface area contributed by atoms with Gasteiger partial charge in [-0.2, -0.15) is 31.4 Å². The Morgan fingerprint density at radius 3 is 2.46 bits per heavy atom. The number of aromatic amines is 1. The number of aryl methyl sites for hydroxylation is 1. The molecule has 17 heteroatoms. The van der Waals surface area contributed by atoms with Crippen LogP contribution in [0, 0.1) is 5.82 Å². The quantitative estimate of drug-likeness (QED) is 0.280. The molecule has 1 atom stereocenters. The van der Waals surface area contributed by atoms with Gasteiger partial charge in [0.15, 0.2) is 5.82 Å². The molecule has 0 saturated carbocycles. The number of hydrogen-bond donors (Lipinski definition) is 2. The van der Waals surface area contributed by atoms with Gasteiger partial charge in [-0.15, -0.1) is 0 Å². The first kappa shape index (κ1) is 25.6. The van der Waals surface area contributed by atoms with Crippen molar-refractivity contribution in [2.24, 2.45) is 0 Å². The number of benzene rings is 1. The van der Waals surface area contributed by atoms with E-state index in [0.717, 1.165) is 23.0 Å². The van der Waals surface area contributed by atoms with Gasteiger partial charge in [-0.05, 0) is 25.0 Å². The van der Waals surface area contributed by atoms with Crippen LogP contribution in [0.2, 0.25) is 0 Å². The molecule has 0 radical (unpaired) electrons. The molecule has 41 heavy (non-hydrogen) atoms. The van der Waals surface area contributed by atoms with Crippen molar-refractivity contribution in [3.63, 3.8) is 0 Å². The van der Waals surface area contributed by atoms with Crippen LogP contribution in [0.25, 0.3) is 22.3 Å². The van der Waals surface area contributed by atoms with Crippen LogP contribution in [0.15, 0.2) is 46.6 Å². The number of hydrogen-bond acceptors (Lipinski definition) is 8. The summed E-state index contributed by atoms with van der Waals surface area (Å²) in [5.74, 6) is -1.38. The molecular formula is C24H20F7N7O3. The zero-order valence-electron chi connectivity index (χ0n) is 23.5. The maximum Gasteiger partial charge on any atom is 0.423 e. The Morgan fingerprint density at radius 1 is 1.07 bits per heavy atom. The van der Waals surface area contributed by atoms with E-state index < -0.39 is 65.8 Å². The van der Waals surface area contributed by atoms with Gasteiger partial charge in [0.1, 0.15) is 11.4 Å². The number of aromatic nitrogens is 6. The maximum atomic E-state index is 14.9. The minimum Gasteiger partial charge on any atom is -0.383 e. The van der Waals surface area contributed by atoms with Crippen LogP contribution in [-0.4, -0.2) is 49.4 Å². The van der Waals surface area contributed by atoms with Crippen LogP contribution in [0.3, 0.4) is 0 Å². The first-order valence-electron chi connectivity index (χ1n) is 13.1. The highest BCUT2D eigenvalue weighted by Gasteiger charge is 2.37. The second-order valence-corrected chi connectivity index (χ2v) is 8.67. The van der Waals surface area contributed by atoms with Crippen molar-refractivity contribution in [1.82, 2.24) is 29.7 Å². The lowest BCUT2D eigenvalue weighted by Crippen LogP contribution is -2.31. The number of methoxy groups -OCH3 is 1. The van der Waals surface area contributed by atoms with Crippen molar-refractivity contribution in [2.45, 2.75) is 37.8 Å². The minimum absolute atomic E-state index is 0.0155. The van der Waals surface area contributed by atoms with Gasteiger partial charge in [0, 0.05) is 32.0 Å². The van der Waals surface area contributed by atoms with E-state index in [2.05, 4.69) is 25.4 Å². The van der Waals surface area contributed by atoms with Gasteiger partial charge < -0.3 is 10.1 Å². The molecule has 4 aromatic rings. The molecule has 0 amide bonds. The van der Waals surface area contributed by atoms with Gasteiger partial charge in [0.05, 0.1) is 51.0 Å². The van der Waals surface area contributed by atoms with Crippen LogP contribution in [0.1, 0.15) is 28.1 Å². The van der Waals surface area contributed by atoms with Crippen molar-refractivity contribution in [1.29, 1.82) is 0 Å². The van der Waals surface area contributed by atoms with Crippen molar-refractivity contribution in [2.75, 3.05) is 19.0 Å². The standard InChI is InChI=1S/C24H20F7N7O3/c1-41-10-13(36-18-9-35-37-21(39)19(18)24(29,30)31)3-2-4-38-11-34-17-6-14(16(25)5-15(17)22(38)40)20-32-7-12(8-33-20)23(26,27)28/h5-9,11,13H,2-4,10H2,1H3,(H2,36,37,39)/i1D3. The number of halogens is 7. The van der Waals surface area contributed by atoms with Gasteiger partial charge in [-0.3, -0.25) is 14.2 Å². The summed E-state index contributed by atoms with van der Waals surface area (Å²) in [5, 5.41) is 7.27. The fourth-order valence-electron chi connectivity index (χ4n) is 3.94. The third-order valence-corrected chi connectivity index (χ3v) is 5.87. The molecule has 0 fully saturated rings. The Labute approximate surface area is 229 Å². The van der Waals surface area contributed by atoms with Crippen molar-refractivity contribution in [3.8, 4) is 11.4 Å². The molecule has 0 aliphatic rings. The summed E-state index contributed by atoms with van der Waals surface area (Å²) < 4.78 is 121. The fourth-order valence-corrected chi connectivity index (χ4v) is 3.94. The molecular weight excluding hydrogens is 567 g/mol. The van der Waals surface area contributed by atoms with Crippen molar-refractivity contribution >= 4 is 16.6 Å². The molecule has 10 nitrogen and oxygen atoms in total.